The highest BCUT2D eigenvalue weighted by Gasteiger charge is 2.31. The molecule has 1 unspecified atom stereocenters. The van der Waals surface area contributed by atoms with Gasteiger partial charge in [-0.05, 0) is 40.5 Å². The molecule has 1 fully saturated rings. The zero-order chi connectivity index (χ0) is 11.6. The Kier molecular flexibility index (Phi) is 3.60. The maximum absolute atomic E-state index is 11.8. The minimum atomic E-state index is -0.473. The zero-order valence-electron chi connectivity index (χ0n) is 9.99. The van der Waals surface area contributed by atoms with Gasteiger partial charge < -0.3 is 14.7 Å². The third-order valence-corrected chi connectivity index (χ3v) is 2.49. The fourth-order valence-corrected chi connectivity index (χ4v) is 1.66. The van der Waals surface area contributed by atoms with Gasteiger partial charge in [-0.1, -0.05) is 0 Å². The summed E-state index contributed by atoms with van der Waals surface area (Å²) in [4.78, 5) is 13.4. The second-order valence-corrected chi connectivity index (χ2v) is 5.21. The zero-order valence-corrected chi connectivity index (χ0v) is 9.99. The highest BCUT2D eigenvalue weighted by molar-refractivity contribution is 5.68. The first-order valence-electron chi connectivity index (χ1n) is 5.47. The predicted molar refractivity (Wildman–Crippen MR) is 57.6 cm³/mol. The van der Waals surface area contributed by atoms with E-state index in [4.69, 9.17) is 4.74 Å². The van der Waals surface area contributed by atoms with Gasteiger partial charge >= 0.3 is 6.09 Å². The number of rotatable bonds is 0. The summed E-state index contributed by atoms with van der Waals surface area (Å²) < 4.78 is 5.27. The van der Waals surface area contributed by atoms with Crippen LogP contribution in [0.1, 0.15) is 40.5 Å². The summed E-state index contributed by atoms with van der Waals surface area (Å²) in [6.07, 6.45) is 0.864. The van der Waals surface area contributed by atoms with Gasteiger partial charge in [-0.15, -0.1) is 0 Å². The van der Waals surface area contributed by atoms with Gasteiger partial charge in [0.15, 0.2) is 0 Å². The number of carbonyl (C=O) groups is 1. The van der Waals surface area contributed by atoms with Gasteiger partial charge in [0.1, 0.15) is 5.60 Å². The molecule has 1 aliphatic rings. The number of ether oxygens (including phenoxy) is 1. The lowest BCUT2D eigenvalue weighted by Crippen LogP contribution is -2.49. The molecule has 1 heterocycles. The van der Waals surface area contributed by atoms with Crippen LogP contribution in [-0.2, 0) is 4.74 Å². The van der Waals surface area contributed by atoms with Crippen LogP contribution < -0.4 is 0 Å². The van der Waals surface area contributed by atoms with Gasteiger partial charge in [-0.25, -0.2) is 4.79 Å². The minimum Gasteiger partial charge on any atom is -0.444 e. The second kappa shape index (κ2) is 4.39. The molecule has 0 saturated carbocycles. The predicted octanol–water partition coefficient (Wildman–Crippen LogP) is 1.77. The van der Waals surface area contributed by atoms with Crippen molar-refractivity contribution < 1.29 is 14.6 Å². The maximum Gasteiger partial charge on any atom is 0.410 e. The van der Waals surface area contributed by atoms with Gasteiger partial charge in [0.25, 0.3) is 0 Å². The Balaban J connectivity index is 2.57. The van der Waals surface area contributed by atoms with E-state index < -0.39 is 11.7 Å². The summed E-state index contributed by atoms with van der Waals surface area (Å²) in [6.45, 7) is 7.90. The van der Waals surface area contributed by atoms with Gasteiger partial charge in [-0.2, -0.15) is 0 Å². The van der Waals surface area contributed by atoms with Crippen LogP contribution in [0.5, 0.6) is 0 Å². The van der Waals surface area contributed by atoms with Crippen LogP contribution in [0.3, 0.4) is 0 Å². The summed E-state index contributed by atoms with van der Waals surface area (Å²) in [5, 5.41) is 9.50. The molecule has 1 aliphatic heterocycles. The largest absolute Gasteiger partial charge is 0.444 e. The number of piperidine rings is 1. The standard InChI is InChI=1S/C11H21NO3/c1-8-5-6-9(13)7-12(8)10(14)15-11(2,3)4/h8-9,13H,5-7H2,1-4H3/t8-,9?/m1/s1. The van der Waals surface area contributed by atoms with Crippen LogP contribution in [0.25, 0.3) is 0 Å². The van der Waals surface area contributed by atoms with Crippen molar-refractivity contribution in [3.63, 3.8) is 0 Å². The Morgan fingerprint density at radius 3 is 2.53 bits per heavy atom. The Labute approximate surface area is 91.2 Å². The molecule has 0 radical (unpaired) electrons. The van der Waals surface area contributed by atoms with Crippen LogP contribution in [0.15, 0.2) is 0 Å². The summed E-state index contributed by atoms with van der Waals surface area (Å²) in [5.41, 5.74) is -0.473. The SMILES string of the molecule is C[C@@H]1CCC(O)CN1C(=O)OC(C)(C)C. The Bertz CT molecular complexity index is 234. The van der Waals surface area contributed by atoms with Gasteiger partial charge in [-0.3, -0.25) is 0 Å². The molecular formula is C11H21NO3. The molecule has 1 rings (SSSR count). The summed E-state index contributed by atoms with van der Waals surface area (Å²) >= 11 is 0. The van der Waals surface area contributed by atoms with Crippen LogP contribution >= 0.6 is 0 Å². The van der Waals surface area contributed by atoms with Gasteiger partial charge in [0.2, 0.25) is 0 Å². The molecule has 1 N–H and O–H groups in total. The average Bonchev–Trinajstić information content (AvgIpc) is 2.06. The van der Waals surface area contributed by atoms with E-state index in [0.29, 0.717) is 6.54 Å². The van der Waals surface area contributed by atoms with Crippen molar-refractivity contribution in [1.29, 1.82) is 0 Å². The molecule has 15 heavy (non-hydrogen) atoms. The number of amides is 1. The third-order valence-electron chi connectivity index (χ3n) is 2.49. The van der Waals surface area contributed by atoms with E-state index in [1.807, 2.05) is 27.7 Å². The number of nitrogens with zero attached hydrogens (tertiary/aromatic N) is 1. The van der Waals surface area contributed by atoms with Crippen LogP contribution in [0.4, 0.5) is 4.79 Å². The number of hydrogen-bond acceptors (Lipinski definition) is 3. The van der Waals surface area contributed by atoms with Crippen molar-refractivity contribution >= 4 is 6.09 Å². The first kappa shape index (κ1) is 12.3. The average molecular weight is 215 g/mol. The molecule has 4 nitrogen and oxygen atoms in total. The number of likely N-dealkylation sites (tertiary alicyclic amines) is 1. The molecule has 1 amide bonds. The summed E-state index contributed by atoms with van der Waals surface area (Å²) in [5.74, 6) is 0. The van der Waals surface area contributed by atoms with Crippen molar-refractivity contribution in [2.24, 2.45) is 0 Å². The van der Waals surface area contributed by atoms with Crippen molar-refractivity contribution in [3.8, 4) is 0 Å². The fourth-order valence-electron chi connectivity index (χ4n) is 1.66. The number of β-amino-alcohol motifs (C(OH)–C–C–N with tert-alkyl or cyclic N) is 1. The van der Waals surface area contributed by atoms with Crippen molar-refractivity contribution in [1.82, 2.24) is 4.90 Å². The van der Waals surface area contributed by atoms with E-state index in [9.17, 15) is 9.90 Å². The number of hydrogen-bond donors (Lipinski definition) is 1. The number of aliphatic hydroxyl groups excluding tert-OH is 1. The normalized spacial score (nSPS) is 27.7. The molecule has 0 aromatic rings. The maximum atomic E-state index is 11.8. The van der Waals surface area contributed by atoms with Crippen LogP contribution in [0, 0.1) is 0 Å². The monoisotopic (exact) mass is 215 g/mol. The lowest BCUT2D eigenvalue weighted by molar-refractivity contribution is -0.00987. The molecule has 0 spiro atoms. The highest BCUT2D eigenvalue weighted by atomic mass is 16.6. The number of carbonyl (C=O) groups excluding carboxylic acids is 1. The van der Waals surface area contributed by atoms with E-state index in [0.717, 1.165) is 12.8 Å². The quantitative estimate of drug-likeness (QED) is 0.670. The van der Waals surface area contributed by atoms with Crippen molar-refractivity contribution in [2.45, 2.75) is 58.3 Å². The van der Waals surface area contributed by atoms with Gasteiger partial charge in [0, 0.05) is 6.04 Å². The molecule has 0 aliphatic carbocycles. The smallest absolute Gasteiger partial charge is 0.410 e. The van der Waals surface area contributed by atoms with Gasteiger partial charge in [0.05, 0.1) is 12.6 Å². The molecule has 88 valence electrons. The molecular weight excluding hydrogens is 194 g/mol. The van der Waals surface area contributed by atoms with E-state index in [2.05, 4.69) is 0 Å². The molecule has 4 heteroatoms. The molecule has 0 aromatic heterocycles. The lowest BCUT2D eigenvalue weighted by atomic mass is 10.0. The Morgan fingerprint density at radius 2 is 2.00 bits per heavy atom. The van der Waals surface area contributed by atoms with Crippen molar-refractivity contribution in [2.75, 3.05) is 6.54 Å². The summed E-state index contributed by atoms with van der Waals surface area (Å²) in [6, 6.07) is 0.156. The fraction of sp³-hybridized carbons (Fsp3) is 0.909. The first-order valence-corrected chi connectivity index (χ1v) is 5.47. The topological polar surface area (TPSA) is 49.8 Å². The molecule has 1 saturated heterocycles. The summed E-state index contributed by atoms with van der Waals surface area (Å²) in [7, 11) is 0. The Morgan fingerprint density at radius 1 is 1.40 bits per heavy atom. The molecule has 0 aromatic carbocycles. The first-order chi connectivity index (χ1) is 6.79. The van der Waals surface area contributed by atoms with E-state index in [1.54, 1.807) is 4.90 Å². The molecule has 0 bridgehead atoms. The lowest BCUT2D eigenvalue weighted by Gasteiger charge is -2.36. The molecule has 2 atom stereocenters. The van der Waals surface area contributed by atoms with E-state index >= 15 is 0 Å². The van der Waals surface area contributed by atoms with E-state index in [1.165, 1.54) is 0 Å². The second-order valence-electron chi connectivity index (χ2n) is 5.21. The van der Waals surface area contributed by atoms with E-state index in [-0.39, 0.29) is 12.1 Å². The van der Waals surface area contributed by atoms with Crippen LogP contribution in [-0.4, -0.2) is 40.4 Å². The van der Waals surface area contributed by atoms with Crippen molar-refractivity contribution in [3.05, 3.63) is 0 Å². The number of aliphatic hydroxyl groups is 1. The minimum absolute atomic E-state index is 0.156. The van der Waals surface area contributed by atoms with Crippen LogP contribution in [0.2, 0.25) is 0 Å². The highest BCUT2D eigenvalue weighted by Crippen LogP contribution is 2.20. The Hall–Kier alpha value is -0.770. The third kappa shape index (κ3) is 3.70.